The van der Waals surface area contributed by atoms with E-state index < -0.39 is 22.6 Å². The van der Waals surface area contributed by atoms with Gasteiger partial charge in [-0.2, -0.15) is 10.2 Å². The van der Waals surface area contributed by atoms with Gasteiger partial charge in [0.2, 0.25) is 0 Å². The van der Waals surface area contributed by atoms with Crippen LogP contribution < -0.4 is 5.32 Å². The minimum Gasteiger partial charge on any atom is -0.412 e. The topological polar surface area (TPSA) is 129 Å². The average Bonchev–Trinajstić information content (AvgIpc) is 3.58. The molecule has 10 nitrogen and oxygen atoms in total. The molecule has 3 aromatic heterocycles. The van der Waals surface area contributed by atoms with Crippen molar-refractivity contribution in [1.29, 1.82) is 0 Å². The van der Waals surface area contributed by atoms with Crippen LogP contribution in [0.5, 0.6) is 0 Å². The van der Waals surface area contributed by atoms with Gasteiger partial charge in [0.15, 0.2) is 5.65 Å². The molecule has 212 valence electrons. The maximum Gasteiger partial charge on any atom is 0.262 e. The highest BCUT2D eigenvalue weighted by atomic mass is 32.2. The highest BCUT2D eigenvalue weighted by molar-refractivity contribution is 7.82. The summed E-state index contributed by atoms with van der Waals surface area (Å²) in [5, 5.41) is 12.0. The van der Waals surface area contributed by atoms with E-state index in [-0.39, 0.29) is 22.2 Å². The number of hydrogen-bond acceptors (Lipinski definition) is 5. The van der Waals surface area contributed by atoms with E-state index in [0.29, 0.717) is 43.0 Å². The van der Waals surface area contributed by atoms with Gasteiger partial charge in [-0.3, -0.25) is 4.79 Å². The summed E-state index contributed by atoms with van der Waals surface area (Å²) in [6.45, 7) is 2.89. The number of rotatable bonds is 6. The number of fused-ring (bicyclic) bond motifs is 1. The molecule has 1 fully saturated rings. The molecule has 0 bridgehead atoms. The van der Waals surface area contributed by atoms with E-state index in [1.807, 2.05) is 37.3 Å². The van der Waals surface area contributed by atoms with Crippen LogP contribution in [0.1, 0.15) is 40.4 Å². The number of benzene rings is 2. The number of nitrogens with one attached hydrogen (secondary N) is 1. The first-order valence-corrected chi connectivity index (χ1v) is 13.9. The molecular weight excluding hydrogens is 552 g/mol. The zero-order chi connectivity index (χ0) is 27.8. The molecule has 0 saturated carbocycles. The molecule has 41 heavy (non-hydrogen) atoms. The number of halogens is 2. The molecule has 4 heterocycles. The average molecular weight is 580 g/mol. The van der Waals surface area contributed by atoms with Crippen molar-refractivity contribution in [1.82, 2.24) is 28.7 Å². The number of hydrogen-bond donors (Lipinski definition) is 1. The molecule has 1 aliphatic rings. The number of nitrogens with zero attached hydrogens (tertiary/aromatic N) is 6. The Hall–Kier alpha value is -4.33. The Morgan fingerprint density at radius 1 is 1.07 bits per heavy atom. The Kier molecular flexibility index (Phi) is 8.01. The standard InChI is InChI=1S/C28H25F2N7O2S.H2O/c1-18-3-6-21(7-4-18)37-26(33-28(38)22-17-32-36-12-2-11-31-27(22)36)16-24(34-37)19-9-13-35(14-10-19)40(39)25-8-5-20(29)15-23(25)30;/h2-8,11-12,15-17,19H,9-10,13-14H2,1H3,(H,33,38);1H2. The van der Waals surface area contributed by atoms with Crippen LogP contribution in [0.3, 0.4) is 0 Å². The third kappa shape index (κ3) is 5.64. The zero-order valence-electron chi connectivity index (χ0n) is 22.0. The highest BCUT2D eigenvalue weighted by Crippen LogP contribution is 2.32. The van der Waals surface area contributed by atoms with Crippen LogP contribution in [0.2, 0.25) is 0 Å². The molecule has 1 saturated heterocycles. The fraction of sp³-hybridized carbons (Fsp3) is 0.214. The number of carbonyl (C=O) groups excluding carboxylic acids is 1. The quantitative estimate of drug-likeness (QED) is 0.327. The molecule has 2 aromatic carbocycles. The van der Waals surface area contributed by atoms with Crippen molar-refractivity contribution in [3.63, 3.8) is 0 Å². The highest BCUT2D eigenvalue weighted by Gasteiger charge is 2.29. The van der Waals surface area contributed by atoms with Gasteiger partial charge in [0, 0.05) is 43.5 Å². The van der Waals surface area contributed by atoms with Gasteiger partial charge in [-0.05, 0) is 50.1 Å². The molecule has 1 aliphatic heterocycles. The lowest BCUT2D eigenvalue weighted by Gasteiger charge is -2.30. The lowest BCUT2D eigenvalue weighted by Crippen LogP contribution is -2.34. The summed E-state index contributed by atoms with van der Waals surface area (Å²) in [4.78, 5) is 17.5. The van der Waals surface area contributed by atoms with E-state index in [2.05, 4.69) is 15.4 Å². The molecule has 1 unspecified atom stereocenters. The number of amides is 1. The molecule has 0 aliphatic carbocycles. The third-order valence-corrected chi connectivity index (χ3v) is 8.50. The predicted molar refractivity (Wildman–Crippen MR) is 149 cm³/mol. The van der Waals surface area contributed by atoms with E-state index in [9.17, 15) is 17.8 Å². The maximum atomic E-state index is 14.2. The Labute approximate surface area is 236 Å². The lowest BCUT2D eigenvalue weighted by molar-refractivity contribution is 0.102. The molecule has 6 rings (SSSR count). The number of anilines is 1. The zero-order valence-corrected chi connectivity index (χ0v) is 22.8. The summed E-state index contributed by atoms with van der Waals surface area (Å²) >= 11 is 0. The van der Waals surface area contributed by atoms with Crippen molar-refractivity contribution in [3.05, 3.63) is 102 Å². The van der Waals surface area contributed by atoms with Gasteiger partial charge >= 0.3 is 0 Å². The van der Waals surface area contributed by atoms with Crippen molar-refractivity contribution >= 4 is 28.4 Å². The normalized spacial score (nSPS) is 15.0. The summed E-state index contributed by atoms with van der Waals surface area (Å²) in [7, 11) is -1.73. The number of carbonyl (C=O) groups is 1. The first kappa shape index (κ1) is 28.2. The summed E-state index contributed by atoms with van der Waals surface area (Å²) in [6, 6.07) is 14.5. The molecule has 3 N–H and O–H groups in total. The Morgan fingerprint density at radius 2 is 1.83 bits per heavy atom. The van der Waals surface area contributed by atoms with Gasteiger partial charge in [-0.15, -0.1) is 0 Å². The minimum absolute atomic E-state index is 0. The fourth-order valence-corrected chi connectivity index (χ4v) is 6.05. The minimum atomic E-state index is -1.73. The lowest BCUT2D eigenvalue weighted by atomic mass is 9.95. The van der Waals surface area contributed by atoms with Gasteiger partial charge in [-0.1, -0.05) is 17.7 Å². The largest absolute Gasteiger partial charge is 0.412 e. The van der Waals surface area contributed by atoms with Crippen molar-refractivity contribution in [3.8, 4) is 5.69 Å². The van der Waals surface area contributed by atoms with Crippen LogP contribution in [-0.2, 0) is 11.0 Å². The van der Waals surface area contributed by atoms with E-state index in [0.717, 1.165) is 29.1 Å². The fourth-order valence-electron chi connectivity index (χ4n) is 4.82. The molecule has 1 amide bonds. The number of aryl methyl sites for hydroxylation is 1. The summed E-state index contributed by atoms with van der Waals surface area (Å²) in [5.74, 6) is -1.35. The predicted octanol–water partition coefficient (Wildman–Crippen LogP) is 3.83. The van der Waals surface area contributed by atoms with Crippen LogP contribution in [0.4, 0.5) is 14.6 Å². The van der Waals surface area contributed by atoms with E-state index >= 15 is 0 Å². The molecule has 5 aromatic rings. The first-order chi connectivity index (χ1) is 19.4. The van der Waals surface area contributed by atoms with Gasteiger partial charge in [0.05, 0.1) is 22.5 Å². The smallest absolute Gasteiger partial charge is 0.262 e. The summed E-state index contributed by atoms with van der Waals surface area (Å²) in [5.41, 5.74) is 3.45. The second-order valence-corrected chi connectivity index (χ2v) is 11.1. The van der Waals surface area contributed by atoms with Crippen LogP contribution in [-0.4, -0.2) is 57.4 Å². The van der Waals surface area contributed by atoms with Gasteiger partial charge in [0.25, 0.3) is 5.91 Å². The van der Waals surface area contributed by atoms with Crippen molar-refractivity contribution in [2.24, 2.45) is 0 Å². The first-order valence-electron chi connectivity index (χ1n) is 12.8. The van der Waals surface area contributed by atoms with Crippen molar-refractivity contribution < 1.29 is 23.3 Å². The SMILES string of the molecule is Cc1ccc(-n2nc(C3CCN(S(=O)c4ccc(F)cc4F)CC3)cc2NC(=O)c2cnn3cccnc23)cc1.O. The second kappa shape index (κ2) is 11.6. The van der Waals surface area contributed by atoms with Crippen LogP contribution in [0.15, 0.2) is 78.1 Å². The van der Waals surface area contributed by atoms with Crippen molar-refractivity contribution in [2.75, 3.05) is 18.4 Å². The van der Waals surface area contributed by atoms with Crippen LogP contribution in [0.25, 0.3) is 11.3 Å². The molecule has 1 atom stereocenters. The second-order valence-electron chi connectivity index (χ2n) is 9.63. The molecular formula is C28H27F2N7O3S. The van der Waals surface area contributed by atoms with Crippen LogP contribution in [0, 0.1) is 18.6 Å². The molecule has 0 radical (unpaired) electrons. The number of piperidine rings is 1. The maximum absolute atomic E-state index is 14.2. The van der Waals surface area contributed by atoms with E-state index in [1.54, 1.807) is 27.4 Å². The molecule has 0 spiro atoms. The van der Waals surface area contributed by atoms with Gasteiger partial charge < -0.3 is 10.8 Å². The summed E-state index contributed by atoms with van der Waals surface area (Å²) < 4.78 is 45.4. The summed E-state index contributed by atoms with van der Waals surface area (Å²) in [6.07, 6.45) is 6.06. The Balaban J connectivity index is 0.00000337. The van der Waals surface area contributed by atoms with E-state index in [1.165, 1.54) is 16.8 Å². The monoisotopic (exact) mass is 579 g/mol. The molecule has 13 heteroatoms. The van der Waals surface area contributed by atoms with E-state index in [4.69, 9.17) is 5.10 Å². The Morgan fingerprint density at radius 3 is 2.56 bits per heavy atom. The van der Waals surface area contributed by atoms with Crippen LogP contribution >= 0.6 is 0 Å². The van der Waals surface area contributed by atoms with Crippen molar-refractivity contribution in [2.45, 2.75) is 30.6 Å². The van der Waals surface area contributed by atoms with Gasteiger partial charge in [-0.25, -0.2) is 31.5 Å². The Bertz CT molecular complexity index is 1730. The van der Waals surface area contributed by atoms with Gasteiger partial charge in [0.1, 0.15) is 34.0 Å². The number of aromatic nitrogens is 5. The third-order valence-electron chi connectivity index (χ3n) is 6.96.